The molecular formula is C15H28BrNO2. The summed E-state index contributed by atoms with van der Waals surface area (Å²) in [7, 11) is 0. The zero-order valence-corrected chi connectivity index (χ0v) is 13.9. The molecule has 4 heteroatoms. The number of amides is 1. The van der Waals surface area contributed by atoms with Crippen LogP contribution in [0.2, 0.25) is 0 Å². The van der Waals surface area contributed by atoms with Crippen LogP contribution in [0.25, 0.3) is 0 Å². The topological polar surface area (TPSA) is 38.3 Å². The minimum atomic E-state index is 0.157. The molecule has 2 atom stereocenters. The first-order valence-electron chi connectivity index (χ1n) is 7.69. The summed E-state index contributed by atoms with van der Waals surface area (Å²) < 4.78 is 5.64. The molecule has 0 aromatic rings. The fourth-order valence-corrected chi connectivity index (χ4v) is 3.50. The van der Waals surface area contributed by atoms with E-state index in [1.165, 1.54) is 12.8 Å². The summed E-state index contributed by atoms with van der Waals surface area (Å²) in [5.41, 5.74) is 0. The quantitative estimate of drug-likeness (QED) is 0.688. The number of rotatable bonds is 8. The summed E-state index contributed by atoms with van der Waals surface area (Å²) in [6.07, 6.45) is 7.59. The lowest BCUT2D eigenvalue weighted by molar-refractivity contribution is -0.122. The molecule has 0 aromatic carbocycles. The second-order valence-electron chi connectivity index (χ2n) is 5.42. The highest BCUT2D eigenvalue weighted by atomic mass is 79.9. The van der Waals surface area contributed by atoms with E-state index in [1.807, 2.05) is 0 Å². The van der Waals surface area contributed by atoms with Crippen LogP contribution in [0.4, 0.5) is 0 Å². The fraction of sp³-hybridized carbons (Fsp3) is 0.933. The van der Waals surface area contributed by atoms with Crippen molar-refractivity contribution in [2.75, 3.05) is 13.2 Å². The van der Waals surface area contributed by atoms with Crippen LogP contribution in [-0.2, 0) is 9.53 Å². The Labute approximate surface area is 126 Å². The van der Waals surface area contributed by atoms with Crippen LogP contribution in [0.15, 0.2) is 0 Å². The molecular weight excluding hydrogens is 306 g/mol. The summed E-state index contributed by atoms with van der Waals surface area (Å²) in [5.74, 6) is 0.798. The lowest BCUT2D eigenvalue weighted by atomic mass is 9.99. The highest BCUT2D eigenvalue weighted by Crippen LogP contribution is 2.20. The lowest BCUT2D eigenvalue weighted by Gasteiger charge is -2.23. The van der Waals surface area contributed by atoms with Crippen molar-refractivity contribution in [1.82, 2.24) is 5.32 Å². The van der Waals surface area contributed by atoms with Gasteiger partial charge in [0.25, 0.3) is 0 Å². The Morgan fingerprint density at radius 2 is 2.11 bits per heavy atom. The number of carbonyl (C=O) groups is 1. The van der Waals surface area contributed by atoms with Gasteiger partial charge in [0.2, 0.25) is 5.91 Å². The molecule has 0 aromatic heterocycles. The van der Waals surface area contributed by atoms with Crippen molar-refractivity contribution in [1.29, 1.82) is 0 Å². The molecule has 1 fully saturated rings. The number of alkyl halides is 1. The lowest BCUT2D eigenvalue weighted by Crippen LogP contribution is -2.33. The van der Waals surface area contributed by atoms with Crippen LogP contribution in [0.5, 0.6) is 0 Å². The third-order valence-corrected chi connectivity index (χ3v) is 5.09. The third-order valence-electron chi connectivity index (χ3n) is 4.02. The second-order valence-corrected chi connectivity index (χ2v) is 6.60. The van der Waals surface area contributed by atoms with E-state index < -0.39 is 0 Å². The van der Waals surface area contributed by atoms with Gasteiger partial charge in [-0.25, -0.2) is 0 Å². The first kappa shape index (κ1) is 17.0. The molecule has 2 unspecified atom stereocenters. The van der Waals surface area contributed by atoms with Gasteiger partial charge in [-0.05, 0) is 31.6 Å². The van der Waals surface area contributed by atoms with Gasteiger partial charge >= 0.3 is 0 Å². The SMILES string of the molecule is CCC(CC)C(Br)CNC(=O)CCC1CCCCO1. The maximum Gasteiger partial charge on any atom is 0.220 e. The Hall–Kier alpha value is -0.0900. The molecule has 1 heterocycles. The molecule has 3 nitrogen and oxygen atoms in total. The molecule has 0 bridgehead atoms. The Kier molecular flexibility index (Phi) is 8.71. The third kappa shape index (κ3) is 6.75. The monoisotopic (exact) mass is 333 g/mol. The van der Waals surface area contributed by atoms with Gasteiger partial charge in [-0.1, -0.05) is 42.6 Å². The Morgan fingerprint density at radius 3 is 2.68 bits per heavy atom. The van der Waals surface area contributed by atoms with Crippen LogP contribution in [0.3, 0.4) is 0 Å². The zero-order valence-electron chi connectivity index (χ0n) is 12.3. The number of ether oxygens (including phenoxy) is 1. The maximum absolute atomic E-state index is 11.8. The van der Waals surface area contributed by atoms with E-state index in [4.69, 9.17) is 4.74 Å². The van der Waals surface area contributed by atoms with Crippen molar-refractivity contribution in [2.24, 2.45) is 5.92 Å². The molecule has 0 spiro atoms. The first-order chi connectivity index (χ1) is 9.17. The van der Waals surface area contributed by atoms with Crippen LogP contribution < -0.4 is 5.32 Å². The van der Waals surface area contributed by atoms with E-state index in [9.17, 15) is 4.79 Å². The number of nitrogens with one attached hydrogen (secondary N) is 1. The normalized spacial score (nSPS) is 21.4. The summed E-state index contributed by atoms with van der Waals surface area (Å²) in [6, 6.07) is 0. The second kappa shape index (κ2) is 9.76. The van der Waals surface area contributed by atoms with Crippen molar-refractivity contribution < 1.29 is 9.53 Å². The predicted molar refractivity (Wildman–Crippen MR) is 82.6 cm³/mol. The minimum absolute atomic E-state index is 0.157. The van der Waals surface area contributed by atoms with Gasteiger partial charge < -0.3 is 10.1 Å². The summed E-state index contributed by atoms with van der Waals surface area (Å²) >= 11 is 3.68. The smallest absolute Gasteiger partial charge is 0.220 e. The maximum atomic E-state index is 11.8. The van der Waals surface area contributed by atoms with Gasteiger partial charge in [0.05, 0.1) is 6.10 Å². The summed E-state index contributed by atoms with van der Waals surface area (Å²) in [5, 5.41) is 3.03. The van der Waals surface area contributed by atoms with E-state index in [0.29, 0.717) is 23.3 Å². The molecule has 1 rings (SSSR count). The highest BCUT2D eigenvalue weighted by molar-refractivity contribution is 9.09. The number of halogens is 1. The average molecular weight is 334 g/mol. The Balaban J connectivity index is 2.13. The minimum Gasteiger partial charge on any atom is -0.378 e. The number of hydrogen-bond donors (Lipinski definition) is 1. The molecule has 1 aliphatic heterocycles. The molecule has 19 heavy (non-hydrogen) atoms. The van der Waals surface area contributed by atoms with Crippen molar-refractivity contribution in [2.45, 2.75) is 69.7 Å². The number of hydrogen-bond acceptors (Lipinski definition) is 2. The van der Waals surface area contributed by atoms with Gasteiger partial charge in [0, 0.05) is 24.4 Å². The molecule has 0 radical (unpaired) electrons. The Morgan fingerprint density at radius 1 is 1.37 bits per heavy atom. The van der Waals surface area contributed by atoms with E-state index in [0.717, 1.165) is 38.8 Å². The van der Waals surface area contributed by atoms with E-state index >= 15 is 0 Å². The van der Waals surface area contributed by atoms with Crippen LogP contribution in [0.1, 0.15) is 58.8 Å². The first-order valence-corrected chi connectivity index (χ1v) is 8.61. The van der Waals surface area contributed by atoms with E-state index in [2.05, 4.69) is 35.1 Å². The van der Waals surface area contributed by atoms with Crippen molar-refractivity contribution in [3.8, 4) is 0 Å². The molecule has 112 valence electrons. The van der Waals surface area contributed by atoms with Crippen molar-refractivity contribution in [3.63, 3.8) is 0 Å². The number of carbonyl (C=O) groups excluding carboxylic acids is 1. The van der Waals surface area contributed by atoms with Gasteiger partial charge in [-0.2, -0.15) is 0 Å². The fourth-order valence-electron chi connectivity index (χ4n) is 2.59. The van der Waals surface area contributed by atoms with Gasteiger partial charge in [0.1, 0.15) is 0 Å². The van der Waals surface area contributed by atoms with Crippen LogP contribution >= 0.6 is 15.9 Å². The van der Waals surface area contributed by atoms with Crippen molar-refractivity contribution >= 4 is 21.8 Å². The zero-order chi connectivity index (χ0) is 14.1. The largest absolute Gasteiger partial charge is 0.378 e. The Bertz CT molecular complexity index is 251. The molecule has 1 saturated heterocycles. The van der Waals surface area contributed by atoms with Gasteiger partial charge in [-0.15, -0.1) is 0 Å². The predicted octanol–water partition coefficient (Wildman–Crippen LogP) is 3.65. The highest BCUT2D eigenvalue weighted by Gasteiger charge is 2.18. The molecule has 1 amide bonds. The van der Waals surface area contributed by atoms with Gasteiger partial charge in [0.15, 0.2) is 0 Å². The van der Waals surface area contributed by atoms with E-state index in [1.54, 1.807) is 0 Å². The van der Waals surface area contributed by atoms with Crippen LogP contribution in [-0.4, -0.2) is 30.0 Å². The molecule has 1 N–H and O–H groups in total. The molecule has 0 aliphatic carbocycles. The summed E-state index contributed by atoms with van der Waals surface area (Å²) in [6.45, 7) is 6.00. The van der Waals surface area contributed by atoms with Crippen LogP contribution in [0, 0.1) is 5.92 Å². The molecule has 0 saturated carbocycles. The van der Waals surface area contributed by atoms with E-state index in [-0.39, 0.29) is 5.91 Å². The molecule has 1 aliphatic rings. The van der Waals surface area contributed by atoms with Crippen molar-refractivity contribution in [3.05, 3.63) is 0 Å². The summed E-state index contributed by atoms with van der Waals surface area (Å²) in [4.78, 5) is 12.2. The standard InChI is InChI=1S/C15H28BrNO2/c1-3-12(4-2)14(16)11-17-15(18)9-8-13-7-5-6-10-19-13/h12-14H,3-11H2,1-2H3,(H,17,18). The van der Waals surface area contributed by atoms with Gasteiger partial charge in [-0.3, -0.25) is 4.79 Å². The average Bonchev–Trinajstić information content (AvgIpc) is 2.45.